The Morgan fingerprint density at radius 2 is 1.50 bits per heavy atom. The molecule has 0 aromatic heterocycles. The number of nitrogens with one attached hydrogen (secondary N) is 1. The molecule has 0 spiro atoms. The highest BCUT2D eigenvalue weighted by molar-refractivity contribution is 5.45. The molecular weight excluding hydrogens is 267 g/mol. The van der Waals surface area contributed by atoms with Gasteiger partial charge in [-0.2, -0.15) is 0 Å². The predicted octanol–water partition coefficient (Wildman–Crippen LogP) is 3.25. The molecule has 0 bridgehead atoms. The van der Waals surface area contributed by atoms with Gasteiger partial charge in [-0.15, -0.1) is 0 Å². The van der Waals surface area contributed by atoms with E-state index in [0.717, 1.165) is 23.4 Å². The quantitative estimate of drug-likeness (QED) is 0.825. The minimum absolute atomic E-state index is 0.0842. The molecule has 20 heavy (non-hydrogen) atoms. The molecule has 106 valence electrons. The highest BCUT2D eigenvalue weighted by Gasteiger charge is 2.10. The summed E-state index contributed by atoms with van der Waals surface area (Å²) in [5.74, 6) is -3.85. The summed E-state index contributed by atoms with van der Waals surface area (Å²) < 4.78 is 38.9. The first-order valence-electron chi connectivity index (χ1n) is 6.17. The zero-order valence-electron chi connectivity index (χ0n) is 10.7. The van der Waals surface area contributed by atoms with Crippen LogP contribution in [0.15, 0.2) is 36.4 Å². The molecular formula is C15H14F3NO. The van der Waals surface area contributed by atoms with Crippen LogP contribution in [0.5, 0.6) is 0 Å². The normalized spacial score (nSPS) is 10.6. The Morgan fingerprint density at radius 3 is 2.05 bits per heavy atom. The Labute approximate surface area is 114 Å². The Bertz CT molecular complexity index is 561. The molecule has 0 unspecified atom stereocenters. The van der Waals surface area contributed by atoms with Crippen molar-refractivity contribution in [3.8, 4) is 0 Å². The molecule has 0 fully saturated rings. The van der Waals surface area contributed by atoms with E-state index in [1.54, 1.807) is 12.1 Å². The van der Waals surface area contributed by atoms with E-state index in [4.69, 9.17) is 5.11 Å². The lowest BCUT2D eigenvalue weighted by atomic mass is 10.1. The molecule has 2 aromatic carbocycles. The van der Waals surface area contributed by atoms with Crippen LogP contribution in [-0.4, -0.2) is 11.7 Å². The second-order valence-electron chi connectivity index (χ2n) is 4.40. The van der Waals surface area contributed by atoms with Gasteiger partial charge in [0.05, 0.1) is 0 Å². The van der Waals surface area contributed by atoms with Gasteiger partial charge >= 0.3 is 0 Å². The molecule has 0 amide bonds. The number of rotatable bonds is 5. The number of anilines is 1. The van der Waals surface area contributed by atoms with Gasteiger partial charge in [0.15, 0.2) is 17.5 Å². The second-order valence-corrected chi connectivity index (χ2v) is 4.40. The smallest absolute Gasteiger partial charge is 0.194 e. The fourth-order valence-electron chi connectivity index (χ4n) is 1.83. The van der Waals surface area contributed by atoms with Crippen LogP contribution in [0.3, 0.4) is 0 Å². The Kier molecular flexibility index (Phi) is 4.63. The van der Waals surface area contributed by atoms with E-state index in [-0.39, 0.29) is 13.2 Å². The van der Waals surface area contributed by atoms with Gasteiger partial charge in [0, 0.05) is 18.8 Å². The molecule has 0 aliphatic carbocycles. The lowest BCUT2D eigenvalue weighted by molar-refractivity contribution is 0.299. The molecule has 2 N–H and O–H groups in total. The van der Waals surface area contributed by atoms with Crippen LogP contribution in [0.25, 0.3) is 0 Å². The maximum Gasteiger partial charge on any atom is 0.194 e. The van der Waals surface area contributed by atoms with Crippen LogP contribution in [0.2, 0.25) is 0 Å². The van der Waals surface area contributed by atoms with E-state index in [1.165, 1.54) is 0 Å². The van der Waals surface area contributed by atoms with Gasteiger partial charge in [0.2, 0.25) is 0 Å². The van der Waals surface area contributed by atoms with Crippen molar-refractivity contribution < 1.29 is 18.3 Å². The van der Waals surface area contributed by atoms with Crippen molar-refractivity contribution in [2.24, 2.45) is 0 Å². The Hall–Kier alpha value is -2.01. The van der Waals surface area contributed by atoms with Crippen molar-refractivity contribution in [1.29, 1.82) is 0 Å². The Balaban J connectivity index is 2.01. The SMILES string of the molecule is OCCc1ccc(NCc2cc(F)c(F)c(F)c2)cc1. The summed E-state index contributed by atoms with van der Waals surface area (Å²) in [6.07, 6.45) is 0.578. The van der Waals surface area contributed by atoms with Crippen LogP contribution in [0, 0.1) is 17.5 Å². The van der Waals surface area contributed by atoms with Crippen molar-refractivity contribution in [3.05, 3.63) is 65.0 Å². The van der Waals surface area contributed by atoms with Crippen LogP contribution in [0.1, 0.15) is 11.1 Å². The third kappa shape index (κ3) is 3.51. The van der Waals surface area contributed by atoms with E-state index >= 15 is 0 Å². The fourth-order valence-corrected chi connectivity index (χ4v) is 1.83. The van der Waals surface area contributed by atoms with Gasteiger partial charge in [0.25, 0.3) is 0 Å². The molecule has 0 saturated carbocycles. The lowest BCUT2D eigenvalue weighted by Gasteiger charge is -2.08. The number of aliphatic hydroxyl groups is 1. The van der Waals surface area contributed by atoms with Gasteiger partial charge in [-0.1, -0.05) is 12.1 Å². The van der Waals surface area contributed by atoms with Crippen molar-refractivity contribution in [1.82, 2.24) is 0 Å². The van der Waals surface area contributed by atoms with E-state index < -0.39 is 17.5 Å². The Morgan fingerprint density at radius 1 is 0.900 bits per heavy atom. The van der Waals surface area contributed by atoms with Crippen LogP contribution in [0.4, 0.5) is 18.9 Å². The molecule has 2 aromatic rings. The molecule has 0 atom stereocenters. The number of benzene rings is 2. The summed E-state index contributed by atoms with van der Waals surface area (Å²) in [5.41, 5.74) is 2.09. The third-order valence-electron chi connectivity index (χ3n) is 2.89. The standard InChI is InChI=1S/C15H14F3NO/c16-13-7-11(8-14(17)15(13)18)9-19-12-3-1-10(2-4-12)5-6-20/h1-4,7-8,19-20H,5-6,9H2. The number of hydrogen-bond acceptors (Lipinski definition) is 2. The summed E-state index contributed by atoms with van der Waals surface area (Å²) in [6.45, 7) is 0.272. The minimum atomic E-state index is -1.46. The number of hydrogen-bond donors (Lipinski definition) is 2. The molecule has 0 aliphatic heterocycles. The summed E-state index contributed by atoms with van der Waals surface area (Å²) in [4.78, 5) is 0. The largest absolute Gasteiger partial charge is 0.396 e. The van der Waals surface area contributed by atoms with Crippen LogP contribution in [-0.2, 0) is 13.0 Å². The summed E-state index contributed by atoms with van der Waals surface area (Å²) in [7, 11) is 0. The van der Waals surface area contributed by atoms with E-state index in [1.807, 2.05) is 12.1 Å². The fraction of sp³-hybridized carbons (Fsp3) is 0.200. The maximum atomic E-state index is 13.0. The predicted molar refractivity (Wildman–Crippen MR) is 70.9 cm³/mol. The number of halogens is 3. The molecule has 2 nitrogen and oxygen atoms in total. The van der Waals surface area contributed by atoms with E-state index in [0.29, 0.717) is 12.0 Å². The average molecular weight is 281 g/mol. The van der Waals surface area contributed by atoms with Gasteiger partial charge in [0.1, 0.15) is 0 Å². The maximum absolute atomic E-state index is 13.0. The van der Waals surface area contributed by atoms with Crippen molar-refractivity contribution in [3.63, 3.8) is 0 Å². The molecule has 5 heteroatoms. The summed E-state index contributed by atoms with van der Waals surface area (Å²) in [5, 5.41) is 11.8. The van der Waals surface area contributed by atoms with Gasteiger partial charge < -0.3 is 10.4 Å². The van der Waals surface area contributed by atoms with Crippen molar-refractivity contribution in [2.45, 2.75) is 13.0 Å². The summed E-state index contributed by atoms with van der Waals surface area (Å²) >= 11 is 0. The molecule has 0 saturated heterocycles. The molecule has 0 heterocycles. The first-order valence-corrected chi connectivity index (χ1v) is 6.17. The van der Waals surface area contributed by atoms with Crippen molar-refractivity contribution >= 4 is 5.69 Å². The highest BCUT2D eigenvalue weighted by Crippen LogP contribution is 2.16. The monoisotopic (exact) mass is 281 g/mol. The second kappa shape index (κ2) is 6.43. The molecule has 0 radical (unpaired) electrons. The first kappa shape index (κ1) is 14.4. The van der Waals surface area contributed by atoms with Gasteiger partial charge in [-0.25, -0.2) is 13.2 Å². The van der Waals surface area contributed by atoms with Gasteiger partial charge in [-0.05, 0) is 41.8 Å². The average Bonchev–Trinajstić information content (AvgIpc) is 2.44. The van der Waals surface area contributed by atoms with E-state index in [2.05, 4.69) is 5.32 Å². The third-order valence-corrected chi connectivity index (χ3v) is 2.89. The molecule has 2 rings (SSSR count). The summed E-state index contributed by atoms with van der Waals surface area (Å²) in [6, 6.07) is 9.24. The van der Waals surface area contributed by atoms with Crippen LogP contribution >= 0.6 is 0 Å². The highest BCUT2D eigenvalue weighted by atomic mass is 19.2. The van der Waals surface area contributed by atoms with Crippen LogP contribution < -0.4 is 5.32 Å². The zero-order chi connectivity index (χ0) is 14.5. The van der Waals surface area contributed by atoms with Crippen molar-refractivity contribution in [2.75, 3.05) is 11.9 Å². The molecule has 0 aliphatic rings. The van der Waals surface area contributed by atoms with Gasteiger partial charge in [-0.3, -0.25) is 0 Å². The lowest BCUT2D eigenvalue weighted by Crippen LogP contribution is -2.02. The minimum Gasteiger partial charge on any atom is -0.396 e. The van der Waals surface area contributed by atoms with E-state index in [9.17, 15) is 13.2 Å². The topological polar surface area (TPSA) is 32.3 Å². The first-order chi connectivity index (χ1) is 9.60. The zero-order valence-corrected chi connectivity index (χ0v) is 10.7. The number of aliphatic hydroxyl groups excluding tert-OH is 1.